The van der Waals surface area contributed by atoms with Crippen molar-refractivity contribution in [3.05, 3.63) is 58.6 Å². The second kappa shape index (κ2) is 8.24. The van der Waals surface area contributed by atoms with E-state index in [2.05, 4.69) is 10.3 Å². The number of nitrogens with one attached hydrogen (secondary N) is 1. The monoisotopic (exact) mass is 463 g/mol. The first-order valence-corrected chi connectivity index (χ1v) is 12.7. The minimum absolute atomic E-state index is 0.0422. The van der Waals surface area contributed by atoms with Gasteiger partial charge in [0.15, 0.2) is 15.0 Å². The van der Waals surface area contributed by atoms with E-state index < -0.39 is 9.84 Å². The molecule has 2 heterocycles. The van der Waals surface area contributed by atoms with Gasteiger partial charge in [0.05, 0.1) is 29.3 Å². The standard InChI is InChI=1S/C21H22ClN3O3S2/c1-13-4-3-5-17(14(13)2)23-20(26)10-29-21-24-18-11-30(27,28)12-19(18)25(21)16-8-6-15(22)7-9-16/h3-9,18-19H,10-12H2,1-2H3,(H,23,26)/t18-,19-/m1/s1. The van der Waals surface area contributed by atoms with Crippen molar-refractivity contribution in [2.75, 3.05) is 27.5 Å². The molecule has 0 radical (unpaired) electrons. The van der Waals surface area contributed by atoms with Crippen LogP contribution in [0, 0.1) is 13.8 Å². The fraction of sp³-hybridized carbons (Fsp3) is 0.333. The first kappa shape index (κ1) is 21.2. The molecule has 2 aromatic rings. The summed E-state index contributed by atoms with van der Waals surface area (Å²) in [5.41, 5.74) is 3.77. The Balaban J connectivity index is 1.51. The van der Waals surface area contributed by atoms with Crippen LogP contribution in [0.2, 0.25) is 5.02 Å². The van der Waals surface area contributed by atoms with Crippen LogP contribution in [0.15, 0.2) is 47.5 Å². The predicted octanol–water partition coefficient (Wildman–Crippen LogP) is 3.67. The number of anilines is 2. The Kier molecular flexibility index (Phi) is 5.83. The van der Waals surface area contributed by atoms with Crippen LogP contribution in [0.3, 0.4) is 0 Å². The van der Waals surface area contributed by atoms with Crippen molar-refractivity contribution in [2.45, 2.75) is 25.9 Å². The Bertz CT molecular complexity index is 1120. The molecule has 0 saturated carbocycles. The Morgan fingerprint density at radius 3 is 2.67 bits per heavy atom. The van der Waals surface area contributed by atoms with Crippen LogP contribution >= 0.6 is 23.4 Å². The largest absolute Gasteiger partial charge is 0.325 e. The number of carbonyl (C=O) groups excluding carboxylic acids is 1. The molecular weight excluding hydrogens is 442 g/mol. The molecular formula is C21H22ClN3O3S2. The zero-order valence-electron chi connectivity index (χ0n) is 16.6. The van der Waals surface area contributed by atoms with E-state index in [0.717, 1.165) is 22.5 Å². The Hall–Kier alpha value is -2.03. The number of thioether (sulfide) groups is 1. The van der Waals surface area contributed by atoms with Crippen LogP contribution < -0.4 is 10.2 Å². The van der Waals surface area contributed by atoms with Gasteiger partial charge in [0, 0.05) is 16.4 Å². The number of nitrogens with zero attached hydrogens (tertiary/aromatic N) is 2. The lowest BCUT2D eigenvalue weighted by molar-refractivity contribution is -0.113. The molecule has 9 heteroatoms. The highest BCUT2D eigenvalue weighted by Crippen LogP contribution is 2.35. The molecule has 30 heavy (non-hydrogen) atoms. The van der Waals surface area contributed by atoms with Gasteiger partial charge in [-0.05, 0) is 55.3 Å². The van der Waals surface area contributed by atoms with Gasteiger partial charge in [-0.3, -0.25) is 9.79 Å². The van der Waals surface area contributed by atoms with Gasteiger partial charge >= 0.3 is 0 Å². The summed E-state index contributed by atoms with van der Waals surface area (Å²) in [7, 11) is -3.12. The maximum absolute atomic E-state index is 12.6. The summed E-state index contributed by atoms with van der Waals surface area (Å²) in [6.07, 6.45) is 0. The fourth-order valence-corrected chi connectivity index (χ4v) is 6.63. The zero-order valence-corrected chi connectivity index (χ0v) is 19.0. The molecule has 2 aliphatic heterocycles. The number of amides is 1. The first-order chi connectivity index (χ1) is 14.2. The lowest BCUT2D eigenvalue weighted by Gasteiger charge is -2.26. The number of hydrogen-bond donors (Lipinski definition) is 1. The molecule has 6 nitrogen and oxygen atoms in total. The highest BCUT2D eigenvalue weighted by Gasteiger charge is 2.47. The van der Waals surface area contributed by atoms with Crippen molar-refractivity contribution in [3.63, 3.8) is 0 Å². The van der Waals surface area contributed by atoms with Crippen molar-refractivity contribution in [1.29, 1.82) is 0 Å². The number of aryl methyl sites for hydroxylation is 1. The number of halogens is 1. The quantitative estimate of drug-likeness (QED) is 0.748. The fourth-order valence-electron chi connectivity index (χ4n) is 3.74. The number of hydrogen-bond acceptors (Lipinski definition) is 6. The number of fused-ring (bicyclic) bond motifs is 1. The molecule has 1 saturated heterocycles. The average molecular weight is 464 g/mol. The molecule has 1 N–H and O–H groups in total. The average Bonchev–Trinajstić information content (AvgIpc) is 3.16. The normalized spacial score (nSPS) is 22.0. The molecule has 0 aromatic heterocycles. The van der Waals surface area contributed by atoms with E-state index in [4.69, 9.17) is 11.6 Å². The van der Waals surface area contributed by atoms with Crippen molar-refractivity contribution in [2.24, 2.45) is 4.99 Å². The summed E-state index contributed by atoms with van der Waals surface area (Å²) in [4.78, 5) is 19.1. The summed E-state index contributed by atoms with van der Waals surface area (Å²) < 4.78 is 24.2. The number of carbonyl (C=O) groups is 1. The topological polar surface area (TPSA) is 78.8 Å². The van der Waals surface area contributed by atoms with Gasteiger partial charge in [-0.2, -0.15) is 0 Å². The smallest absolute Gasteiger partial charge is 0.234 e. The van der Waals surface area contributed by atoms with Crippen molar-refractivity contribution in [1.82, 2.24) is 0 Å². The Morgan fingerprint density at radius 2 is 1.93 bits per heavy atom. The second-order valence-electron chi connectivity index (χ2n) is 7.55. The molecule has 2 atom stereocenters. The molecule has 158 valence electrons. The molecule has 0 bridgehead atoms. The Labute approximate surface area is 185 Å². The third-order valence-electron chi connectivity index (χ3n) is 5.42. The third-order valence-corrected chi connectivity index (χ3v) is 8.34. The van der Waals surface area contributed by atoms with Gasteiger partial charge in [0.25, 0.3) is 0 Å². The van der Waals surface area contributed by atoms with Crippen LogP contribution in [0.5, 0.6) is 0 Å². The van der Waals surface area contributed by atoms with E-state index in [0.29, 0.717) is 10.2 Å². The molecule has 1 fully saturated rings. The van der Waals surface area contributed by atoms with Gasteiger partial charge in [-0.1, -0.05) is 35.5 Å². The molecule has 1 amide bonds. The minimum Gasteiger partial charge on any atom is -0.325 e. The first-order valence-electron chi connectivity index (χ1n) is 9.55. The maximum atomic E-state index is 12.6. The zero-order chi connectivity index (χ0) is 21.5. The summed E-state index contributed by atoms with van der Waals surface area (Å²) >= 11 is 7.33. The van der Waals surface area contributed by atoms with Crippen LogP contribution in [0.4, 0.5) is 11.4 Å². The molecule has 0 aliphatic carbocycles. The minimum atomic E-state index is -3.12. The summed E-state index contributed by atoms with van der Waals surface area (Å²) in [6, 6.07) is 12.5. The second-order valence-corrected chi connectivity index (χ2v) is 11.1. The highest BCUT2D eigenvalue weighted by atomic mass is 35.5. The molecule has 0 spiro atoms. The van der Waals surface area contributed by atoms with Crippen LogP contribution in [0.25, 0.3) is 0 Å². The highest BCUT2D eigenvalue weighted by molar-refractivity contribution is 8.14. The Morgan fingerprint density at radius 1 is 1.20 bits per heavy atom. The number of benzene rings is 2. The van der Waals surface area contributed by atoms with Gasteiger partial charge in [-0.15, -0.1) is 0 Å². The molecule has 2 aliphatic rings. The van der Waals surface area contributed by atoms with E-state index >= 15 is 0 Å². The number of aliphatic imine (C=N–C) groups is 1. The number of sulfone groups is 1. The summed E-state index contributed by atoms with van der Waals surface area (Å²) in [5.74, 6) is 0.156. The van der Waals surface area contributed by atoms with Crippen LogP contribution in [-0.2, 0) is 14.6 Å². The van der Waals surface area contributed by atoms with E-state index in [9.17, 15) is 13.2 Å². The SMILES string of the molecule is Cc1cccc(NC(=O)CSC2=N[C@@H]3CS(=O)(=O)C[C@H]3N2c2ccc(Cl)cc2)c1C. The van der Waals surface area contributed by atoms with E-state index in [1.165, 1.54) is 11.8 Å². The lowest BCUT2D eigenvalue weighted by atomic mass is 10.1. The van der Waals surface area contributed by atoms with E-state index in [1.807, 2.05) is 49.1 Å². The molecule has 2 aromatic carbocycles. The van der Waals surface area contributed by atoms with Crippen molar-refractivity contribution in [3.8, 4) is 0 Å². The van der Waals surface area contributed by atoms with Crippen LogP contribution in [0.1, 0.15) is 11.1 Å². The van der Waals surface area contributed by atoms with Gasteiger partial charge < -0.3 is 10.2 Å². The third kappa shape index (κ3) is 4.36. The molecule has 4 rings (SSSR count). The van der Waals surface area contributed by atoms with E-state index in [-0.39, 0.29) is 35.2 Å². The van der Waals surface area contributed by atoms with E-state index in [1.54, 1.807) is 12.1 Å². The maximum Gasteiger partial charge on any atom is 0.234 e. The molecule has 0 unspecified atom stereocenters. The summed E-state index contributed by atoms with van der Waals surface area (Å²) in [5, 5.41) is 4.22. The van der Waals surface area contributed by atoms with Gasteiger partial charge in [-0.25, -0.2) is 8.42 Å². The number of rotatable bonds is 4. The van der Waals surface area contributed by atoms with Crippen molar-refractivity contribution >= 4 is 55.6 Å². The lowest BCUT2D eigenvalue weighted by Crippen LogP contribution is -2.39. The summed E-state index contributed by atoms with van der Waals surface area (Å²) in [6.45, 7) is 3.98. The van der Waals surface area contributed by atoms with Gasteiger partial charge in [0.1, 0.15) is 0 Å². The number of amidine groups is 1. The predicted molar refractivity (Wildman–Crippen MR) is 125 cm³/mol. The van der Waals surface area contributed by atoms with Crippen LogP contribution in [-0.4, -0.2) is 48.8 Å². The van der Waals surface area contributed by atoms with Crippen molar-refractivity contribution < 1.29 is 13.2 Å². The van der Waals surface area contributed by atoms with Gasteiger partial charge in [0.2, 0.25) is 5.91 Å².